The molecule has 0 fully saturated rings. The molecule has 9 heteroatoms. The molecular weight excluding hydrogens is 488 g/mol. The van der Waals surface area contributed by atoms with Crippen LogP contribution in [-0.4, -0.2) is 37.1 Å². The van der Waals surface area contributed by atoms with Crippen LogP contribution in [0.3, 0.4) is 0 Å². The first-order chi connectivity index (χ1) is 15.6. The van der Waals surface area contributed by atoms with E-state index in [9.17, 15) is 4.79 Å². The van der Waals surface area contributed by atoms with Crippen molar-refractivity contribution in [2.45, 2.75) is 12.1 Å². The van der Waals surface area contributed by atoms with Crippen molar-refractivity contribution in [1.82, 2.24) is 25.2 Å². The minimum Gasteiger partial charge on any atom is -0.272 e. The number of benzene rings is 2. The molecular formula is C23H19BrN6OS. The molecule has 0 saturated heterocycles. The summed E-state index contributed by atoms with van der Waals surface area (Å²) in [6.45, 7) is 1.85. The molecule has 1 amide bonds. The van der Waals surface area contributed by atoms with E-state index in [2.05, 4.69) is 41.6 Å². The zero-order valence-corrected chi connectivity index (χ0v) is 19.5. The van der Waals surface area contributed by atoms with Crippen molar-refractivity contribution in [2.24, 2.45) is 5.10 Å². The van der Waals surface area contributed by atoms with Crippen LogP contribution in [0.15, 0.2) is 93.9 Å². The predicted molar refractivity (Wildman–Crippen MR) is 130 cm³/mol. The maximum atomic E-state index is 12.4. The van der Waals surface area contributed by atoms with Crippen LogP contribution in [0, 0.1) is 0 Å². The monoisotopic (exact) mass is 506 g/mol. The number of halogens is 1. The van der Waals surface area contributed by atoms with Crippen molar-refractivity contribution in [3.8, 4) is 17.1 Å². The van der Waals surface area contributed by atoms with Gasteiger partial charge < -0.3 is 0 Å². The number of pyridine rings is 1. The fraction of sp³-hybridized carbons (Fsp3) is 0.0870. The van der Waals surface area contributed by atoms with Gasteiger partial charge in [0.05, 0.1) is 11.5 Å². The first-order valence-corrected chi connectivity index (χ1v) is 11.5. The molecule has 2 aromatic heterocycles. The Bertz CT molecular complexity index is 1230. The van der Waals surface area contributed by atoms with Crippen LogP contribution in [0.1, 0.15) is 12.5 Å². The van der Waals surface area contributed by atoms with Gasteiger partial charge in [0, 0.05) is 28.1 Å². The highest BCUT2D eigenvalue weighted by molar-refractivity contribution is 9.10. The van der Waals surface area contributed by atoms with Gasteiger partial charge in [-0.25, -0.2) is 5.43 Å². The third kappa shape index (κ3) is 5.30. The molecule has 0 bridgehead atoms. The Morgan fingerprint density at radius 3 is 2.56 bits per heavy atom. The second-order valence-electron chi connectivity index (χ2n) is 6.75. The quantitative estimate of drug-likeness (QED) is 0.222. The highest BCUT2D eigenvalue weighted by Crippen LogP contribution is 2.28. The number of hydrazone groups is 1. The lowest BCUT2D eigenvalue weighted by molar-refractivity contribution is -0.118. The van der Waals surface area contributed by atoms with Crippen molar-refractivity contribution in [2.75, 3.05) is 5.75 Å². The third-order valence-electron chi connectivity index (χ3n) is 4.51. The number of hydrogen-bond acceptors (Lipinski definition) is 6. The largest absolute Gasteiger partial charge is 0.272 e. The van der Waals surface area contributed by atoms with E-state index < -0.39 is 0 Å². The Hall–Kier alpha value is -3.30. The van der Waals surface area contributed by atoms with Gasteiger partial charge in [-0.05, 0) is 48.9 Å². The number of thioether (sulfide) groups is 1. The lowest BCUT2D eigenvalue weighted by Gasteiger charge is -2.10. The first-order valence-electron chi connectivity index (χ1n) is 9.75. The van der Waals surface area contributed by atoms with Crippen molar-refractivity contribution in [3.05, 3.63) is 89.2 Å². The minimum absolute atomic E-state index is 0.146. The Morgan fingerprint density at radius 2 is 1.84 bits per heavy atom. The molecule has 32 heavy (non-hydrogen) atoms. The van der Waals surface area contributed by atoms with Crippen LogP contribution in [0.25, 0.3) is 17.1 Å². The van der Waals surface area contributed by atoms with Crippen LogP contribution in [0.5, 0.6) is 0 Å². The number of nitrogens with zero attached hydrogens (tertiary/aromatic N) is 5. The molecule has 0 spiro atoms. The number of carbonyl (C=O) groups is 1. The summed E-state index contributed by atoms with van der Waals surface area (Å²) in [4.78, 5) is 16.6. The predicted octanol–water partition coefficient (Wildman–Crippen LogP) is 4.72. The fourth-order valence-electron chi connectivity index (χ4n) is 2.92. The zero-order valence-electron chi connectivity index (χ0n) is 17.1. The van der Waals surface area contributed by atoms with Crippen LogP contribution in [-0.2, 0) is 4.79 Å². The summed E-state index contributed by atoms with van der Waals surface area (Å²) in [6.07, 6.45) is 3.45. The second-order valence-corrected chi connectivity index (χ2v) is 8.60. The summed E-state index contributed by atoms with van der Waals surface area (Å²) in [7, 11) is 0. The molecule has 0 radical (unpaired) electrons. The van der Waals surface area contributed by atoms with Crippen LogP contribution in [0.2, 0.25) is 0 Å². The van der Waals surface area contributed by atoms with E-state index in [4.69, 9.17) is 0 Å². The third-order valence-corrected chi connectivity index (χ3v) is 5.97. The van der Waals surface area contributed by atoms with Gasteiger partial charge in [0.1, 0.15) is 0 Å². The van der Waals surface area contributed by atoms with Gasteiger partial charge in [0.15, 0.2) is 11.0 Å². The van der Waals surface area contributed by atoms with Gasteiger partial charge >= 0.3 is 0 Å². The number of hydrogen-bond donors (Lipinski definition) is 1. The molecule has 7 nitrogen and oxygen atoms in total. The van der Waals surface area contributed by atoms with Gasteiger partial charge in [-0.3, -0.25) is 14.3 Å². The number of rotatable bonds is 7. The Labute approximate surface area is 198 Å². The molecule has 4 aromatic rings. The van der Waals surface area contributed by atoms with E-state index in [1.54, 1.807) is 12.4 Å². The van der Waals surface area contributed by atoms with E-state index in [1.165, 1.54) is 11.8 Å². The van der Waals surface area contributed by atoms with E-state index in [0.29, 0.717) is 11.0 Å². The number of nitrogens with one attached hydrogen (secondary N) is 1. The minimum atomic E-state index is -0.224. The molecule has 0 atom stereocenters. The van der Waals surface area contributed by atoms with E-state index in [0.717, 1.165) is 27.0 Å². The molecule has 4 rings (SSSR count). The lowest BCUT2D eigenvalue weighted by Crippen LogP contribution is -2.21. The molecule has 0 aliphatic rings. The number of carbonyl (C=O) groups excluding carboxylic acids is 1. The van der Waals surface area contributed by atoms with E-state index >= 15 is 0 Å². The summed E-state index contributed by atoms with van der Waals surface area (Å²) in [5.74, 6) is 0.577. The van der Waals surface area contributed by atoms with Gasteiger partial charge in [0.2, 0.25) is 0 Å². The van der Waals surface area contributed by atoms with Crippen LogP contribution >= 0.6 is 27.7 Å². The summed E-state index contributed by atoms with van der Waals surface area (Å²) in [6, 6.07) is 21.3. The van der Waals surface area contributed by atoms with E-state index in [-0.39, 0.29) is 11.7 Å². The molecule has 2 aromatic carbocycles. The standard InChI is InChI=1S/C23H19BrN6OS/c1-16(17-6-3-2-4-7-17)26-27-21(31)15-32-23-29-28-22(18-8-5-13-25-14-18)30(23)20-11-9-19(24)10-12-20/h2-14H,15H2,1H3,(H,27,31). The Balaban J connectivity index is 1.53. The molecule has 2 heterocycles. The van der Waals surface area contributed by atoms with Crippen LogP contribution < -0.4 is 5.43 Å². The normalized spacial score (nSPS) is 11.4. The fourth-order valence-corrected chi connectivity index (χ4v) is 3.93. The van der Waals surface area contributed by atoms with Crippen LogP contribution in [0.4, 0.5) is 0 Å². The molecule has 0 aliphatic carbocycles. The summed E-state index contributed by atoms with van der Waals surface area (Å²) in [5.41, 5.74) is 6.03. The summed E-state index contributed by atoms with van der Waals surface area (Å²) in [5, 5.41) is 13.5. The van der Waals surface area contributed by atoms with Crippen molar-refractivity contribution in [3.63, 3.8) is 0 Å². The summed E-state index contributed by atoms with van der Waals surface area (Å²) >= 11 is 4.76. The van der Waals surface area contributed by atoms with Gasteiger partial charge in [-0.15, -0.1) is 10.2 Å². The van der Waals surface area contributed by atoms with Crippen molar-refractivity contribution in [1.29, 1.82) is 0 Å². The highest BCUT2D eigenvalue weighted by Gasteiger charge is 2.17. The maximum Gasteiger partial charge on any atom is 0.250 e. The van der Waals surface area contributed by atoms with Gasteiger partial charge in [-0.2, -0.15) is 5.10 Å². The second kappa shape index (κ2) is 10.3. The van der Waals surface area contributed by atoms with Gasteiger partial charge in [-0.1, -0.05) is 58.0 Å². The van der Waals surface area contributed by atoms with Crippen molar-refractivity contribution >= 4 is 39.3 Å². The summed E-state index contributed by atoms with van der Waals surface area (Å²) < 4.78 is 2.89. The molecule has 160 valence electrons. The number of aromatic nitrogens is 4. The average molecular weight is 507 g/mol. The number of amides is 1. The highest BCUT2D eigenvalue weighted by atomic mass is 79.9. The molecule has 1 N–H and O–H groups in total. The molecule has 0 saturated carbocycles. The molecule has 0 unspecified atom stereocenters. The first kappa shape index (κ1) is 21.9. The Morgan fingerprint density at radius 1 is 1.06 bits per heavy atom. The molecule has 0 aliphatic heterocycles. The smallest absolute Gasteiger partial charge is 0.250 e. The maximum absolute atomic E-state index is 12.4. The van der Waals surface area contributed by atoms with Gasteiger partial charge in [0.25, 0.3) is 5.91 Å². The van der Waals surface area contributed by atoms with E-state index in [1.807, 2.05) is 78.2 Å². The zero-order chi connectivity index (χ0) is 22.3. The Kier molecular flexibility index (Phi) is 7.08. The lowest BCUT2D eigenvalue weighted by atomic mass is 10.1. The SMILES string of the molecule is CC(=NNC(=O)CSc1nnc(-c2cccnc2)n1-c1ccc(Br)cc1)c1ccccc1. The topological polar surface area (TPSA) is 85.1 Å². The average Bonchev–Trinajstić information content (AvgIpc) is 3.27. The van der Waals surface area contributed by atoms with Crippen molar-refractivity contribution < 1.29 is 4.79 Å².